The van der Waals surface area contributed by atoms with Gasteiger partial charge in [-0.05, 0) is 30.7 Å². The zero-order valence-corrected chi connectivity index (χ0v) is 9.92. The summed E-state index contributed by atoms with van der Waals surface area (Å²) in [5, 5.41) is 2.74. The summed E-state index contributed by atoms with van der Waals surface area (Å²) in [6.07, 6.45) is 4.22. The van der Waals surface area contributed by atoms with Crippen molar-refractivity contribution in [1.82, 2.24) is 0 Å². The Hall–Kier alpha value is -1.60. The highest BCUT2D eigenvalue weighted by Crippen LogP contribution is 2.34. The molecule has 0 unspecified atom stereocenters. The molecule has 0 amide bonds. The van der Waals surface area contributed by atoms with E-state index in [2.05, 4.69) is 61.5 Å². The third-order valence-electron chi connectivity index (χ3n) is 2.76. The van der Waals surface area contributed by atoms with E-state index >= 15 is 0 Å². The van der Waals surface area contributed by atoms with E-state index in [0.717, 1.165) is 0 Å². The Bertz CT molecular complexity index is 674. The van der Waals surface area contributed by atoms with Crippen molar-refractivity contribution in [2.45, 2.75) is 6.92 Å². The summed E-state index contributed by atoms with van der Waals surface area (Å²) in [5.74, 6) is 0. The Kier molecular flexibility index (Phi) is 2.26. The molecule has 1 heterocycles. The van der Waals surface area contributed by atoms with Gasteiger partial charge in [-0.15, -0.1) is 11.3 Å². The van der Waals surface area contributed by atoms with Gasteiger partial charge in [-0.25, -0.2) is 0 Å². The van der Waals surface area contributed by atoms with Gasteiger partial charge in [0.1, 0.15) is 0 Å². The average Bonchev–Trinajstić information content (AvgIpc) is 2.68. The standard InChI is InChI=1S/C15H12S/c1-2-5-11-8-9-15-13(10-11)12-6-3-4-7-14(12)16-15/h2-10H,1H3. The number of allylic oxidation sites excluding steroid dienone is 1. The van der Waals surface area contributed by atoms with Crippen molar-refractivity contribution in [1.29, 1.82) is 0 Å². The maximum atomic E-state index is 2.27. The van der Waals surface area contributed by atoms with Crippen molar-refractivity contribution in [3.63, 3.8) is 0 Å². The Balaban J connectivity index is 2.39. The van der Waals surface area contributed by atoms with Crippen molar-refractivity contribution >= 4 is 37.6 Å². The molecule has 0 spiro atoms. The van der Waals surface area contributed by atoms with Crippen molar-refractivity contribution in [2.75, 3.05) is 0 Å². The molecule has 0 fully saturated rings. The van der Waals surface area contributed by atoms with E-state index in [0.29, 0.717) is 0 Å². The first-order chi connectivity index (χ1) is 7.88. The van der Waals surface area contributed by atoms with Crippen molar-refractivity contribution < 1.29 is 0 Å². The van der Waals surface area contributed by atoms with E-state index in [-0.39, 0.29) is 0 Å². The highest BCUT2D eigenvalue weighted by Gasteiger charge is 2.03. The summed E-state index contributed by atoms with van der Waals surface area (Å²) >= 11 is 1.86. The monoisotopic (exact) mass is 224 g/mol. The third kappa shape index (κ3) is 1.44. The molecule has 2 aromatic carbocycles. The minimum Gasteiger partial charge on any atom is -0.135 e. The smallest absolute Gasteiger partial charge is 0.0355 e. The number of hydrogen-bond donors (Lipinski definition) is 0. The molecule has 0 saturated heterocycles. The van der Waals surface area contributed by atoms with Crippen molar-refractivity contribution in [2.24, 2.45) is 0 Å². The summed E-state index contributed by atoms with van der Waals surface area (Å²) in [6.45, 7) is 2.05. The van der Waals surface area contributed by atoms with Crippen LogP contribution in [-0.4, -0.2) is 0 Å². The normalized spacial score (nSPS) is 11.8. The van der Waals surface area contributed by atoms with Gasteiger partial charge in [-0.3, -0.25) is 0 Å². The first-order valence-electron chi connectivity index (χ1n) is 5.42. The minimum absolute atomic E-state index is 1.28. The molecule has 16 heavy (non-hydrogen) atoms. The second-order valence-corrected chi connectivity index (χ2v) is 4.94. The van der Waals surface area contributed by atoms with Gasteiger partial charge in [-0.2, -0.15) is 0 Å². The molecule has 1 heteroatoms. The number of rotatable bonds is 1. The van der Waals surface area contributed by atoms with Gasteiger partial charge in [0.05, 0.1) is 0 Å². The van der Waals surface area contributed by atoms with Crippen molar-refractivity contribution in [3.8, 4) is 0 Å². The summed E-state index contributed by atoms with van der Waals surface area (Å²) in [4.78, 5) is 0. The molecular formula is C15H12S. The maximum Gasteiger partial charge on any atom is 0.0355 e. The third-order valence-corrected chi connectivity index (χ3v) is 3.91. The molecule has 0 N–H and O–H groups in total. The fraction of sp³-hybridized carbons (Fsp3) is 0.0667. The van der Waals surface area contributed by atoms with Crippen LogP contribution in [0.5, 0.6) is 0 Å². The van der Waals surface area contributed by atoms with Gasteiger partial charge in [0.15, 0.2) is 0 Å². The lowest BCUT2D eigenvalue weighted by atomic mass is 10.1. The van der Waals surface area contributed by atoms with Crippen LogP contribution in [0.3, 0.4) is 0 Å². The summed E-state index contributed by atoms with van der Waals surface area (Å²) in [5.41, 5.74) is 1.28. The summed E-state index contributed by atoms with van der Waals surface area (Å²) in [6, 6.07) is 15.3. The maximum absolute atomic E-state index is 2.27. The molecule has 0 atom stereocenters. The SMILES string of the molecule is CC=Cc1ccc2sc3ccccc3c2c1. The largest absolute Gasteiger partial charge is 0.135 e. The van der Waals surface area contributed by atoms with Crippen LogP contribution in [0.4, 0.5) is 0 Å². The minimum atomic E-state index is 1.28. The van der Waals surface area contributed by atoms with E-state index in [9.17, 15) is 0 Å². The predicted octanol–water partition coefficient (Wildman–Crippen LogP) is 5.09. The molecule has 0 saturated carbocycles. The molecule has 0 aliphatic rings. The molecular weight excluding hydrogens is 212 g/mol. The van der Waals surface area contributed by atoms with Crippen LogP contribution in [0, 0.1) is 0 Å². The average molecular weight is 224 g/mol. The van der Waals surface area contributed by atoms with Gasteiger partial charge in [-0.1, -0.05) is 36.4 Å². The number of fused-ring (bicyclic) bond motifs is 3. The van der Waals surface area contributed by atoms with E-state index in [1.165, 1.54) is 25.7 Å². The highest BCUT2D eigenvalue weighted by atomic mass is 32.1. The molecule has 0 bridgehead atoms. The Morgan fingerprint density at radius 1 is 0.938 bits per heavy atom. The lowest BCUT2D eigenvalue weighted by Crippen LogP contribution is -1.71. The molecule has 78 valence electrons. The first-order valence-corrected chi connectivity index (χ1v) is 6.24. The zero-order valence-electron chi connectivity index (χ0n) is 9.10. The van der Waals surface area contributed by atoms with Gasteiger partial charge in [0, 0.05) is 20.2 Å². The van der Waals surface area contributed by atoms with Crippen molar-refractivity contribution in [3.05, 3.63) is 54.1 Å². The lowest BCUT2D eigenvalue weighted by molar-refractivity contribution is 1.72. The molecule has 3 rings (SSSR count). The molecule has 0 radical (unpaired) electrons. The summed E-state index contributed by atoms with van der Waals surface area (Å²) in [7, 11) is 0. The number of thiophene rings is 1. The predicted molar refractivity (Wildman–Crippen MR) is 74.0 cm³/mol. The molecule has 0 aliphatic heterocycles. The fourth-order valence-corrected chi connectivity index (χ4v) is 3.13. The zero-order chi connectivity index (χ0) is 11.0. The van der Waals surface area contributed by atoms with Crippen LogP contribution in [0.15, 0.2) is 48.5 Å². The van der Waals surface area contributed by atoms with Crippen LogP contribution in [0.1, 0.15) is 12.5 Å². The van der Waals surface area contributed by atoms with Gasteiger partial charge >= 0.3 is 0 Å². The second kappa shape index (κ2) is 3.76. The molecule has 1 aromatic heterocycles. The Labute approximate surface area is 98.8 Å². The van der Waals surface area contributed by atoms with E-state index in [1.54, 1.807) is 0 Å². The molecule has 0 aliphatic carbocycles. The first kappa shape index (κ1) is 9.61. The molecule has 3 aromatic rings. The summed E-state index contributed by atoms with van der Waals surface area (Å²) < 4.78 is 2.74. The van der Waals surface area contributed by atoms with E-state index < -0.39 is 0 Å². The van der Waals surface area contributed by atoms with Gasteiger partial charge in [0.25, 0.3) is 0 Å². The second-order valence-electron chi connectivity index (χ2n) is 3.85. The lowest BCUT2D eigenvalue weighted by Gasteiger charge is -1.94. The Morgan fingerprint density at radius 2 is 1.75 bits per heavy atom. The van der Waals surface area contributed by atoms with E-state index in [1.807, 2.05) is 11.3 Å². The Morgan fingerprint density at radius 3 is 2.62 bits per heavy atom. The molecule has 0 nitrogen and oxygen atoms in total. The number of benzene rings is 2. The van der Waals surface area contributed by atoms with Crippen LogP contribution in [0.25, 0.3) is 26.2 Å². The quantitative estimate of drug-likeness (QED) is 0.540. The van der Waals surface area contributed by atoms with Gasteiger partial charge < -0.3 is 0 Å². The number of hydrogen-bond acceptors (Lipinski definition) is 1. The van der Waals surface area contributed by atoms with Gasteiger partial charge in [0.2, 0.25) is 0 Å². The van der Waals surface area contributed by atoms with Crippen LogP contribution >= 0.6 is 11.3 Å². The highest BCUT2D eigenvalue weighted by molar-refractivity contribution is 7.25. The van der Waals surface area contributed by atoms with Crippen LogP contribution in [0.2, 0.25) is 0 Å². The fourth-order valence-electron chi connectivity index (χ4n) is 2.04. The van der Waals surface area contributed by atoms with Crippen LogP contribution < -0.4 is 0 Å². The van der Waals surface area contributed by atoms with Crippen LogP contribution in [-0.2, 0) is 0 Å². The topological polar surface area (TPSA) is 0 Å². The van der Waals surface area contributed by atoms with E-state index in [4.69, 9.17) is 0 Å².